The van der Waals surface area contributed by atoms with Gasteiger partial charge in [-0.15, -0.1) is 11.8 Å². The van der Waals surface area contributed by atoms with Crippen LogP contribution in [0.2, 0.25) is 0 Å². The SMILES string of the molecule is CC1CN2C(=O)NC(c3cccc(Br)c3)C(C(=O)c3ccccc3)=C2S1. The van der Waals surface area contributed by atoms with E-state index in [4.69, 9.17) is 0 Å². The molecule has 1 saturated heterocycles. The fourth-order valence-electron chi connectivity index (χ4n) is 3.32. The molecule has 26 heavy (non-hydrogen) atoms. The number of rotatable bonds is 3. The average molecular weight is 429 g/mol. The number of ketones is 1. The largest absolute Gasteiger partial charge is 0.327 e. The third-order valence-corrected chi connectivity index (χ3v) is 6.20. The van der Waals surface area contributed by atoms with Gasteiger partial charge in [0.2, 0.25) is 0 Å². The van der Waals surface area contributed by atoms with E-state index in [1.165, 1.54) is 0 Å². The zero-order valence-corrected chi connectivity index (χ0v) is 16.5. The molecule has 132 valence electrons. The van der Waals surface area contributed by atoms with Gasteiger partial charge in [0.25, 0.3) is 0 Å². The maximum atomic E-state index is 13.4. The second kappa shape index (κ2) is 6.93. The lowest BCUT2D eigenvalue weighted by Gasteiger charge is -2.33. The highest BCUT2D eigenvalue weighted by atomic mass is 79.9. The van der Waals surface area contributed by atoms with Gasteiger partial charge in [0, 0.05) is 21.8 Å². The van der Waals surface area contributed by atoms with Crippen molar-refractivity contribution in [3.8, 4) is 0 Å². The number of halogens is 1. The number of thioether (sulfide) groups is 1. The average Bonchev–Trinajstić information content (AvgIpc) is 3.04. The fraction of sp³-hybridized carbons (Fsp3) is 0.200. The Morgan fingerprint density at radius 1 is 1.19 bits per heavy atom. The van der Waals surface area contributed by atoms with Crippen molar-refractivity contribution in [3.05, 3.63) is 80.8 Å². The molecule has 2 aliphatic rings. The number of carbonyl (C=O) groups is 2. The van der Waals surface area contributed by atoms with Gasteiger partial charge in [0.1, 0.15) is 0 Å². The number of nitrogens with one attached hydrogen (secondary N) is 1. The number of amides is 2. The maximum Gasteiger partial charge on any atom is 0.323 e. The summed E-state index contributed by atoms with van der Waals surface area (Å²) in [4.78, 5) is 27.7. The molecule has 1 fully saturated rings. The predicted molar refractivity (Wildman–Crippen MR) is 107 cm³/mol. The van der Waals surface area contributed by atoms with E-state index in [1.807, 2.05) is 54.6 Å². The van der Waals surface area contributed by atoms with Crippen LogP contribution in [0.4, 0.5) is 4.79 Å². The molecule has 0 radical (unpaired) electrons. The van der Waals surface area contributed by atoms with Crippen LogP contribution >= 0.6 is 27.7 Å². The van der Waals surface area contributed by atoms with Crippen molar-refractivity contribution in [2.45, 2.75) is 18.2 Å². The monoisotopic (exact) mass is 428 g/mol. The van der Waals surface area contributed by atoms with E-state index in [-0.39, 0.29) is 17.1 Å². The normalized spacial score (nSPS) is 22.2. The lowest BCUT2D eigenvalue weighted by Crippen LogP contribution is -2.46. The van der Waals surface area contributed by atoms with E-state index in [1.54, 1.807) is 16.7 Å². The molecule has 2 aromatic carbocycles. The molecule has 0 spiro atoms. The van der Waals surface area contributed by atoms with Crippen molar-refractivity contribution < 1.29 is 9.59 Å². The molecule has 2 unspecified atom stereocenters. The zero-order chi connectivity index (χ0) is 18.3. The van der Waals surface area contributed by atoms with Crippen molar-refractivity contribution in [1.29, 1.82) is 0 Å². The van der Waals surface area contributed by atoms with Gasteiger partial charge < -0.3 is 5.32 Å². The third-order valence-electron chi connectivity index (χ3n) is 4.49. The number of benzene rings is 2. The molecule has 4 nitrogen and oxygen atoms in total. The number of Topliss-reactive ketones (excluding diaryl/α,β-unsaturated/α-hetero) is 1. The number of nitrogens with zero attached hydrogens (tertiary/aromatic N) is 1. The Morgan fingerprint density at radius 2 is 1.96 bits per heavy atom. The quantitative estimate of drug-likeness (QED) is 0.717. The summed E-state index contributed by atoms with van der Waals surface area (Å²) in [6.07, 6.45) is 0. The van der Waals surface area contributed by atoms with Crippen LogP contribution in [0.15, 0.2) is 69.7 Å². The Hall–Kier alpha value is -2.05. The topological polar surface area (TPSA) is 49.4 Å². The first-order chi connectivity index (χ1) is 12.5. The van der Waals surface area contributed by atoms with Crippen LogP contribution in [0, 0.1) is 0 Å². The van der Waals surface area contributed by atoms with Crippen LogP contribution in [0.3, 0.4) is 0 Å². The predicted octanol–water partition coefficient (Wildman–Crippen LogP) is 4.75. The lowest BCUT2D eigenvalue weighted by atomic mass is 9.91. The standard InChI is InChI=1S/C20H17BrN2O2S/c1-12-11-23-19(26-12)16(18(24)13-6-3-2-4-7-13)17(22-20(23)25)14-8-5-9-15(21)10-14/h2-10,12,17H,11H2,1H3,(H,22,25). The fourth-order valence-corrected chi connectivity index (χ4v) is 4.97. The molecule has 0 aromatic heterocycles. The second-order valence-corrected chi connectivity index (χ2v) is 8.73. The summed E-state index contributed by atoms with van der Waals surface area (Å²) in [5.74, 6) is -0.0443. The van der Waals surface area contributed by atoms with E-state index in [0.29, 0.717) is 17.7 Å². The van der Waals surface area contributed by atoms with Crippen LogP contribution in [-0.4, -0.2) is 28.5 Å². The minimum absolute atomic E-state index is 0.0443. The van der Waals surface area contributed by atoms with Gasteiger partial charge >= 0.3 is 6.03 Å². The van der Waals surface area contributed by atoms with Gasteiger partial charge in [0.15, 0.2) is 5.78 Å². The highest BCUT2D eigenvalue weighted by molar-refractivity contribution is 9.10. The van der Waals surface area contributed by atoms with Gasteiger partial charge in [-0.3, -0.25) is 9.69 Å². The van der Waals surface area contributed by atoms with Crippen molar-refractivity contribution in [2.24, 2.45) is 0 Å². The molecule has 1 N–H and O–H groups in total. The Labute approximate surface area is 164 Å². The summed E-state index contributed by atoms with van der Waals surface area (Å²) in [5.41, 5.74) is 2.16. The maximum absolute atomic E-state index is 13.4. The second-order valence-electron chi connectivity index (χ2n) is 6.39. The lowest BCUT2D eigenvalue weighted by molar-refractivity contribution is 0.102. The number of urea groups is 1. The van der Waals surface area contributed by atoms with Gasteiger partial charge in [0.05, 0.1) is 16.6 Å². The van der Waals surface area contributed by atoms with Crippen molar-refractivity contribution in [2.75, 3.05) is 6.54 Å². The molecule has 0 aliphatic carbocycles. The molecule has 2 atom stereocenters. The van der Waals surface area contributed by atoms with Crippen LogP contribution < -0.4 is 5.32 Å². The Morgan fingerprint density at radius 3 is 2.69 bits per heavy atom. The van der Waals surface area contributed by atoms with Gasteiger partial charge in [-0.2, -0.15) is 0 Å². The zero-order valence-electron chi connectivity index (χ0n) is 14.1. The van der Waals surface area contributed by atoms with Gasteiger partial charge in [-0.1, -0.05) is 65.3 Å². The number of hydrogen-bond donors (Lipinski definition) is 1. The summed E-state index contributed by atoms with van der Waals surface area (Å²) in [6.45, 7) is 2.69. The summed E-state index contributed by atoms with van der Waals surface area (Å²) >= 11 is 5.08. The first kappa shape index (κ1) is 17.4. The smallest absolute Gasteiger partial charge is 0.323 e. The van der Waals surface area contributed by atoms with Crippen molar-refractivity contribution in [1.82, 2.24) is 10.2 Å². The third kappa shape index (κ3) is 3.08. The summed E-state index contributed by atoms with van der Waals surface area (Å²) < 4.78 is 0.913. The Balaban J connectivity index is 1.87. The molecule has 0 bridgehead atoms. The molecule has 0 saturated carbocycles. The van der Waals surface area contributed by atoms with E-state index >= 15 is 0 Å². The van der Waals surface area contributed by atoms with Gasteiger partial charge in [-0.25, -0.2) is 4.79 Å². The first-order valence-corrected chi connectivity index (χ1v) is 10.1. The molecule has 2 heterocycles. The minimum Gasteiger partial charge on any atom is -0.327 e. The molecule has 4 rings (SSSR count). The van der Waals surface area contributed by atoms with E-state index < -0.39 is 6.04 Å². The van der Waals surface area contributed by atoms with Crippen LogP contribution in [0.5, 0.6) is 0 Å². The van der Waals surface area contributed by atoms with E-state index in [2.05, 4.69) is 28.2 Å². The molecule has 2 aliphatic heterocycles. The van der Waals surface area contributed by atoms with E-state index in [9.17, 15) is 9.59 Å². The van der Waals surface area contributed by atoms with Gasteiger partial charge in [-0.05, 0) is 17.7 Å². The molecular formula is C20H17BrN2O2S. The number of carbonyl (C=O) groups excluding carboxylic acids is 2. The Kier molecular flexibility index (Phi) is 4.63. The summed E-state index contributed by atoms with van der Waals surface area (Å²) in [7, 11) is 0. The summed E-state index contributed by atoms with van der Waals surface area (Å²) in [5, 5.41) is 4.06. The summed E-state index contributed by atoms with van der Waals surface area (Å²) in [6, 6.07) is 16.4. The van der Waals surface area contributed by atoms with Crippen molar-refractivity contribution in [3.63, 3.8) is 0 Å². The molecule has 2 amide bonds. The van der Waals surface area contributed by atoms with Crippen LogP contribution in [-0.2, 0) is 0 Å². The molecular weight excluding hydrogens is 412 g/mol. The highest BCUT2D eigenvalue weighted by Crippen LogP contribution is 2.43. The van der Waals surface area contributed by atoms with Crippen LogP contribution in [0.1, 0.15) is 28.9 Å². The highest BCUT2D eigenvalue weighted by Gasteiger charge is 2.42. The van der Waals surface area contributed by atoms with E-state index in [0.717, 1.165) is 15.1 Å². The first-order valence-electron chi connectivity index (χ1n) is 8.38. The Bertz CT molecular complexity index is 913. The molecule has 2 aromatic rings. The molecule has 6 heteroatoms. The van der Waals surface area contributed by atoms with Crippen LogP contribution in [0.25, 0.3) is 0 Å². The number of hydrogen-bond acceptors (Lipinski definition) is 3. The minimum atomic E-state index is -0.461. The van der Waals surface area contributed by atoms with Crippen molar-refractivity contribution >= 4 is 39.5 Å². The number of fused-ring (bicyclic) bond motifs is 1.